The quantitative estimate of drug-likeness (QED) is 0.545. The van der Waals surface area contributed by atoms with E-state index in [0.29, 0.717) is 30.3 Å². The number of ether oxygens (including phenoxy) is 2. The largest absolute Gasteiger partial charge is 0.493 e. The molecule has 2 aromatic rings. The zero-order valence-electron chi connectivity index (χ0n) is 18.5. The molecule has 0 aromatic heterocycles. The molecule has 1 heterocycles. The maximum Gasteiger partial charge on any atom is 0.407 e. The smallest absolute Gasteiger partial charge is 0.407 e. The standard InChI is InChI=1S/C24H28N4O4/c1-4-20(10-11-25)32-24(30)26-16(3)17-6-5-7-18(12-17)27-23(29)28-19-8-9-22-21(13-19)15(2)14-31-22/h5-9,12-13,15-16,20H,4,10,14H2,1-3H3,(H,26,30)(H2,27,28,29)/t15?,16-,20?/m0/s1. The summed E-state index contributed by atoms with van der Waals surface area (Å²) in [6.07, 6.45) is -0.286. The van der Waals surface area contributed by atoms with Crippen LogP contribution < -0.4 is 20.7 Å². The first-order valence-corrected chi connectivity index (χ1v) is 10.7. The molecule has 3 N–H and O–H groups in total. The number of hydrogen-bond acceptors (Lipinski definition) is 5. The number of rotatable bonds is 7. The molecule has 0 saturated carbocycles. The molecule has 0 saturated heterocycles. The highest BCUT2D eigenvalue weighted by atomic mass is 16.6. The molecule has 2 unspecified atom stereocenters. The van der Waals surface area contributed by atoms with E-state index in [1.54, 1.807) is 24.3 Å². The molecule has 3 atom stereocenters. The number of carbonyl (C=O) groups excluding carboxylic acids is 2. The van der Waals surface area contributed by atoms with Crippen LogP contribution in [0, 0.1) is 11.3 Å². The SMILES string of the molecule is CCC(CC#N)OC(=O)N[C@@H](C)c1cccc(NC(=O)Nc2ccc3c(c2)C(C)CO3)c1. The van der Waals surface area contributed by atoms with Gasteiger partial charge < -0.3 is 25.4 Å². The van der Waals surface area contributed by atoms with Gasteiger partial charge in [0.25, 0.3) is 0 Å². The molecule has 8 heteroatoms. The van der Waals surface area contributed by atoms with Crippen LogP contribution in [0.4, 0.5) is 21.0 Å². The third-order valence-electron chi connectivity index (χ3n) is 5.31. The maximum absolute atomic E-state index is 12.5. The van der Waals surface area contributed by atoms with Crippen molar-refractivity contribution in [2.45, 2.75) is 51.7 Å². The van der Waals surface area contributed by atoms with Crippen LogP contribution >= 0.6 is 0 Å². The summed E-state index contributed by atoms with van der Waals surface area (Å²) >= 11 is 0. The Labute approximate surface area is 187 Å². The molecule has 8 nitrogen and oxygen atoms in total. The molecule has 1 aliphatic rings. The lowest BCUT2D eigenvalue weighted by molar-refractivity contribution is 0.0950. The Balaban J connectivity index is 1.57. The van der Waals surface area contributed by atoms with Gasteiger partial charge in [-0.15, -0.1) is 0 Å². The monoisotopic (exact) mass is 436 g/mol. The van der Waals surface area contributed by atoms with Crippen molar-refractivity contribution in [3.05, 3.63) is 53.6 Å². The van der Waals surface area contributed by atoms with Crippen LogP contribution in [0.15, 0.2) is 42.5 Å². The zero-order valence-corrected chi connectivity index (χ0v) is 18.5. The highest BCUT2D eigenvalue weighted by Crippen LogP contribution is 2.35. The predicted octanol–water partition coefficient (Wildman–Crippen LogP) is 5.31. The molecule has 0 aliphatic carbocycles. The number of nitrogens with one attached hydrogen (secondary N) is 3. The van der Waals surface area contributed by atoms with Crippen molar-refractivity contribution in [1.29, 1.82) is 5.26 Å². The maximum atomic E-state index is 12.5. The fourth-order valence-electron chi connectivity index (χ4n) is 3.44. The van der Waals surface area contributed by atoms with Crippen LogP contribution in [0.25, 0.3) is 0 Å². The first-order chi connectivity index (χ1) is 15.4. The molecule has 0 radical (unpaired) electrons. The minimum absolute atomic E-state index is 0.156. The van der Waals surface area contributed by atoms with Gasteiger partial charge >= 0.3 is 12.1 Å². The summed E-state index contributed by atoms with van der Waals surface area (Å²) in [6.45, 7) is 6.41. The van der Waals surface area contributed by atoms with Gasteiger partial charge in [0.15, 0.2) is 0 Å². The summed E-state index contributed by atoms with van der Waals surface area (Å²) in [5.74, 6) is 1.15. The highest BCUT2D eigenvalue weighted by Gasteiger charge is 2.20. The Bertz CT molecular complexity index is 1020. The minimum atomic E-state index is -0.578. The van der Waals surface area contributed by atoms with Gasteiger partial charge in [0.1, 0.15) is 11.9 Å². The number of anilines is 2. The second-order valence-corrected chi connectivity index (χ2v) is 7.83. The van der Waals surface area contributed by atoms with Crippen LogP contribution in [0.5, 0.6) is 5.75 Å². The Morgan fingerprint density at radius 2 is 1.97 bits per heavy atom. The van der Waals surface area contributed by atoms with E-state index in [1.165, 1.54) is 0 Å². The summed E-state index contributed by atoms with van der Waals surface area (Å²) in [6, 6.07) is 14.1. The zero-order chi connectivity index (χ0) is 23.1. The predicted molar refractivity (Wildman–Crippen MR) is 122 cm³/mol. The molecule has 0 spiro atoms. The summed E-state index contributed by atoms with van der Waals surface area (Å²) in [5.41, 5.74) is 3.17. The molecular weight excluding hydrogens is 408 g/mol. The van der Waals surface area contributed by atoms with Crippen molar-refractivity contribution in [2.24, 2.45) is 0 Å². The number of urea groups is 1. The van der Waals surface area contributed by atoms with Crippen LogP contribution in [0.2, 0.25) is 0 Å². The molecule has 32 heavy (non-hydrogen) atoms. The van der Waals surface area contributed by atoms with Gasteiger partial charge in [-0.1, -0.05) is 26.0 Å². The second kappa shape index (κ2) is 10.5. The van der Waals surface area contributed by atoms with Crippen LogP contribution in [-0.4, -0.2) is 24.8 Å². The van der Waals surface area contributed by atoms with E-state index < -0.39 is 12.2 Å². The van der Waals surface area contributed by atoms with Crippen LogP contribution in [0.3, 0.4) is 0 Å². The number of benzene rings is 2. The molecule has 0 bridgehead atoms. The van der Waals surface area contributed by atoms with Gasteiger partial charge in [-0.2, -0.15) is 5.26 Å². The molecule has 2 aromatic carbocycles. The average molecular weight is 437 g/mol. The number of nitrogens with zero attached hydrogens (tertiary/aromatic N) is 1. The van der Waals surface area contributed by atoms with Gasteiger partial charge in [-0.25, -0.2) is 9.59 Å². The van der Waals surface area contributed by atoms with Crippen LogP contribution in [0.1, 0.15) is 56.7 Å². The Hall–Kier alpha value is -3.73. The molecule has 168 valence electrons. The third kappa shape index (κ3) is 5.91. The van der Waals surface area contributed by atoms with E-state index in [1.807, 2.05) is 38.1 Å². The number of alkyl carbamates (subject to hydrolysis) is 1. The first kappa shape index (κ1) is 22.9. The van der Waals surface area contributed by atoms with E-state index in [4.69, 9.17) is 14.7 Å². The topological polar surface area (TPSA) is 112 Å². The van der Waals surface area contributed by atoms with Gasteiger partial charge in [0.05, 0.1) is 25.1 Å². The van der Waals surface area contributed by atoms with Gasteiger partial charge in [-0.05, 0) is 49.2 Å². The lowest BCUT2D eigenvalue weighted by atomic mass is 10.0. The van der Waals surface area contributed by atoms with Gasteiger partial charge in [0.2, 0.25) is 0 Å². The summed E-state index contributed by atoms with van der Waals surface area (Å²) in [5, 5.41) is 17.2. The summed E-state index contributed by atoms with van der Waals surface area (Å²) < 4.78 is 10.9. The van der Waals surface area contributed by atoms with Gasteiger partial charge in [0, 0.05) is 22.9 Å². The second-order valence-electron chi connectivity index (χ2n) is 7.83. The highest BCUT2D eigenvalue weighted by molar-refractivity contribution is 5.99. The lowest BCUT2D eigenvalue weighted by Gasteiger charge is -2.18. The Morgan fingerprint density at radius 1 is 1.22 bits per heavy atom. The molecule has 0 fully saturated rings. The van der Waals surface area contributed by atoms with E-state index in [0.717, 1.165) is 16.9 Å². The molecule has 3 rings (SSSR count). The van der Waals surface area contributed by atoms with Crippen LogP contribution in [-0.2, 0) is 4.74 Å². The normalized spacial score (nSPS) is 16.0. The first-order valence-electron chi connectivity index (χ1n) is 10.7. The number of hydrogen-bond donors (Lipinski definition) is 3. The number of carbonyl (C=O) groups is 2. The number of fused-ring (bicyclic) bond motifs is 1. The van der Waals surface area contributed by atoms with E-state index in [9.17, 15) is 9.59 Å². The molecule has 1 aliphatic heterocycles. The number of nitriles is 1. The van der Waals surface area contributed by atoms with Crippen molar-refractivity contribution in [2.75, 3.05) is 17.2 Å². The van der Waals surface area contributed by atoms with E-state index in [-0.39, 0.29) is 18.5 Å². The van der Waals surface area contributed by atoms with Gasteiger partial charge in [-0.3, -0.25) is 0 Å². The summed E-state index contributed by atoms with van der Waals surface area (Å²) in [4.78, 5) is 24.6. The van der Waals surface area contributed by atoms with E-state index >= 15 is 0 Å². The third-order valence-corrected chi connectivity index (χ3v) is 5.31. The van der Waals surface area contributed by atoms with Crippen molar-refractivity contribution >= 4 is 23.5 Å². The fraction of sp³-hybridized carbons (Fsp3) is 0.375. The van der Waals surface area contributed by atoms with Crippen molar-refractivity contribution < 1.29 is 19.1 Å². The Kier molecular flexibility index (Phi) is 7.55. The van der Waals surface area contributed by atoms with Crippen molar-refractivity contribution in [1.82, 2.24) is 5.32 Å². The van der Waals surface area contributed by atoms with Crippen molar-refractivity contribution in [3.8, 4) is 11.8 Å². The number of amides is 3. The Morgan fingerprint density at radius 3 is 2.69 bits per heavy atom. The fourth-order valence-corrected chi connectivity index (χ4v) is 3.44. The van der Waals surface area contributed by atoms with Crippen molar-refractivity contribution in [3.63, 3.8) is 0 Å². The lowest BCUT2D eigenvalue weighted by Crippen LogP contribution is -2.31. The average Bonchev–Trinajstić information content (AvgIpc) is 3.13. The minimum Gasteiger partial charge on any atom is -0.493 e. The summed E-state index contributed by atoms with van der Waals surface area (Å²) in [7, 11) is 0. The molecular formula is C24H28N4O4. The van der Waals surface area contributed by atoms with E-state index in [2.05, 4.69) is 22.9 Å². The molecule has 3 amide bonds.